The van der Waals surface area contributed by atoms with Gasteiger partial charge < -0.3 is 9.47 Å². The van der Waals surface area contributed by atoms with E-state index in [1.165, 1.54) is 0 Å². The van der Waals surface area contributed by atoms with E-state index in [-0.39, 0.29) is 38.0 Å². The van der Waals surface area contributed by atoms with Gasteiger partial charge in [-0.15, -0.1) is 0 Å². The Labute approximate surface area is 99.9 Å². The van der Waals surface area contributed by atoms with Gasteiger partial charge in [-0.05, 0) is 13.8 Å². The molecule has 0 aromatic rings. The Hall–Kier alpha value is -1.43. The molecule has 1 atom stereocenters. The van der Waals surface area contributed by atoms with Crippen LogP contribution in [0.15, 0.2) is 0 Å². The van der Waals surface area contributed by atoms with E-state index in [0.717, 1.165) is 0 Å². The van der Waals surface area contributed by atoms with E-state index in [2.05, 4.69) is 0 Å². The summed E-state index contributed by atoms with van der Waals surface area (Å²) >= 11 is 0. The van der Waals surface area contributed by atoms with Crippen molar-refractivity contribution in [1.29, 1.82) is 0 Å². The predicted molar refractivity (Wildman–Crippen MR) is 58.2 cm³/mol. The molecule has 0 N–H and O–H groups in total. The second-order valence-electron chi connectivity index (χ2n) is 3.75. The Kier molecular flexibility index (Phi) is 5.09. The van der Waals surface area contributed by atoms with Crippen molar-refractivity contribution in [2.24, 2.45) is 5.92 Å². The molecule has 0 aliphatic carbocycles. The summed E-state index contributed by atoms with van der Waals surface area (Å²) in [5.74, 6) is -1.86. The molecule has 0 saturated carbocycles. The molecule has 1 fully saturated rings. The second kappa shape index (κ2) is 6.34. The van der Waals surface area contributed by atoms with Gasteiger partial charge >= 0.3 is 11.9 Å². The Morgan fingerprint density at radius 3 is 2.53 bits per heavy atom. The van der Waals surface area contributed by atoms with Gasteiger partial charge in [0.2, 0.25) is 0 Å². The Morgan fingerprint density at radius 2 is 1.94 bits per heavy atom. The number of ketones is 1. The minimum Gasteiger partial charge on any atom is -0.465 e. The van der Waals surface area contributed by atoms with Crippen molar-refractivity contribution in [3.8, 4) is 0 Å². The van der Waals surface area contributed by atoms with Crippen molar-refractivity contribution in [2.45, 2.75) is 13.8 Å². The molecule has 0 radical (unpaired) electrons. The van der Waals surface area contributed by atoms with Crippen LogP contribution in [0.4, 0.5) is 0 Å². The Balaban J connectivity index is 2.46. The highest BCUT2D eigenvalue weighted by atomic mass is 16.5. The van der Waals surface area contributed by atoms with E-state index in [0.29, 0.717) is 6.61 Å². The van der Waals surface area contributed by atoms with Gasteiger partial charge in [0.1, 0.15) is 5.92 Å². The molecule has 1 rings (SSSR count). The predicted octanol–water partition coefficient (Wildman–Crippen LogP) is -0.386. The number of Topliss-reactive ketones (excluding diaryl/α,β-unsaturated/α-hetero) is 1. The highest BCUT2D eigenvalue weighted by Gasteiger charge is 2.37. The minimum absolute atomic E-state index is 0.0372. The summed E-state index contributed by atoms with van der Waals surface area (Å²) in [7, 11) is 0. The zero-order chi connectivity index (χ0) is 12.8. The number of ether oxygens (including phenoxy) is 2. The molecule has 0 amide bonds. The zero-order valence-corrected chi connectivity index (χ0v) is 10.1. The van der Waals surface area contributed by atoms with E-state index in [1.807, 2.05) is 0 Å². The van der Waals surface area contributed by atoms with Gasteiger partial charge in [-0.25, -0.2) is 0 Å². The fraction of sp³-hybridized carbons (Fsp3) is 0.727. The first-order valence-corrected chi connectivity index (χ1v) is 5.65. The molecule has 6 heteroatoms. The summed E-state index contributed by atoms with van der Waals surface area (Å²) < 4.78 is 9.57. The quantitative estimate of drug-likeness (QED) is 0.484. The number of likely N-dealkylation sites (tertiary alicyclic amines) is 1. The fourth-order valence-corrected chi connectivity index (χ4v) is 1.71. The number of esters is 2. The van der Waals surface area contributed by atoms with Gasteiger partial charge in [-0.2, -0.15) is 0 Å². The highest BCUT2D eigenvalue weighted by molar-refractivity contribution is 6.02. The summed E-state index contributed by atoms with van der Waals surface area (Å²) in [4.78, 5) is 35.8. The molecular weight excluding hydrogens is 226 g/mol. The standard InChI is InChI=1S/C11H17NO5/c1-3-16-10(14)7-12-5-8(9(13)6-12)11(15)17-4-2/h8H,3-7H2,1-2H3. The van der Waals surface area contributed by atoms with Gasteiger partial charge in [-0.1, -0.05) is 0 Å². The summed E-state index contributed by atoms with van der Waals surface area (Å²) in [6, 6.07) is 0. The first-order valence-electron chi connectivity index (χ1n) is 5.65. The van der Waals surface area contributed by atoms with Crippen molar-refractivity contribution in [3.05, 3.63) is 0 Å². The largest absolute Gasteiger partial charge is 0.465 e. The maximum absolute atomic E-state index is 11.5. The number of rotatable bonds is 5. The number of hydrogen-bond donors (Lipinski definition) is 0. The lowest BCUT2D eigenvalue weighted by Gasteiger charge is -2.13. The SMILES string of the molecule is CCOC(=O)CN1CC(=O)C(C(=O)OCC)C1. The lowest BCUT2D eigenvalue weighted by atomic mass is 10.1. The molecule has 1 aliphatic heterocycles. The van der Waals surface area contributed by atoms with Crippen LogP contribution >= 0.6 is 0 Å². The van der Waals surface area contributed by atoms with Crippen LogP contribution in [0.25, 0.3) is 0 Å². The van der Waals surface area contributed by atoms with E-state index in [9.17, 15) is 14.4 Å². The smallest absolute Gasteiger partial charge is 0.320 e. The highest BCUT2D eigenvalue weighted by Crippen LogP contribution is 2.14. The zero-order valence-electron chi connectivity index (χ0n) is 10.1. The van der Waals surface area contributed by atoms with Crippen LogP contribution in [0.2, 0.25) is 0 Å². The van der Waals surface area contributed by atoms with Crippen molar-refractivity contribution >= 4 is 17.7 Å². The monoisotopic (exact) mass is 243 g/mol. The number of hydrogen-bond acceptors (Lipinski definition) is 6. The van der Waals surface area contributed by atoms with Gasteiger partial charge in [0.05, 0.1) is 26.3 Å². The average molecular weight is 243 g/mol. The number of nitrogens with zero attached hydrogens (tertiary/aromatic N) is 1. The maximum Gasteiger partial charge on any atom is 0.320 e. The normalized spacial score (nSPS) is 20.4. The third kappa shape index (κ3) is 3.81. The molecule has 0 aromatic heterocycles. The fourth-order valence-electron chi connectivity index (χ4n) is 1.71. The van der Waals surface area contributed by atoms with Crippen LogP contribution < -0.4 is 0 Å². The minimum atomic E-state index is -0.760. The third-order valence-corrected chi connectivity index (χ3v) is 2.44. The maximum atomic E-state index is 11.5. The van der Waals surface area contributed by atoms with Crippen LogP contribution in [0, 0.1) is 5.92 Å². The van der Waals surface area contributed by atoms with Gasteiger partial charge in [0.25, 0.3) is 0 Å². The lowest BCUT2D eigenvalue weighted by Crippen LogP contribution is -2.30. The topological polar surface area (TPSA) is 72.9 Å². The molecule has 0 aromatic carbocycles. The molecule has 1 heterocycles. The molecule has 1 unspecified atom stereocenters. The molecule has 96 valence electrons. The van der Waals surface area contributed by atoms with Crippen LogP contribution in [-0.4, -0.2) is 55.5 Å². The van der Waals surface area contributed by atoms with Crippen LogP contribution in [-0.2, 0) is 23.9 Å². The van der Waals surface area contributed by atoms with Gasteiger partial charge in [-0.3, -0.25) is 19.3 Å². The molecule has 6 nitrogen and oxygen atoms in total. The summed E-state index contributed by atoms with van der Waals surface area (Å²) in [6.45, 7) is 4.33. The summed E-state index contributed by atoms with van der Waals surface area (Å²) in [5.41, 5.74) is 0. The van der Waals surface area contributed by atoms with Crippen LogP contribution in [0.5, 0.6) is 0 Å². The first kappa shape index (κ1) is 13.6. The Morgan fingerprint density at radius 1 is 1.29 bits per heavy atom. The van der Waals surface area contributed by atoms with E-state index in [1.54, 1.807) is 18.7 Å². The summed E-state index contributed by atoms with van der Waals surface area (Å²) in [6.07, 6.45) is 0. The molecule has 0 bridgehead atoms. The molecular formula is C11H17NO5. The molecule has 1 aliphatic rings. The van der Waals surface area contributed by atoms with Crippen molar-refractivity contribution in [2.75, 3.05) is 32.8 Å². The van der Waals surface area contributed by atoms with E-state index >= 15 is 0 Å². The van der Waals surface area contributed by atoms with Crippen molar-refractivity contribution < 1.29 is 23.9 Å². The van der Waals surface area contributed by atoms with Crippen LogP contribution in [0.3, 0.4) is 0 Å². The number of carbonyl (C=O) groups excluding carboxylic acids is 3. The summed E-state index contributed by atoms with van der Waals surface area (Å²) in [5, 5.41) is 0. The van der Waals surface area contributed by atoms with Gasteiger partial charge in [0.15, 0.2) is 5.78 Å². The van der Waals surface area contributed by atoms with Gasteiger partial charge in [0, 0.05) is 6.54 Å². The lowest BCUT2D eigenvalue weighted by molar-refractivity contribution is -0.150. The van der Waals surface area contributed by atoms with Crippen molar-refractivity contribution in [1.82, 2.24) is 4.90 Å². The second-order valence-corrected chi connectivity index (χ2v) is 3.75. The third-order valence-electron chi connectivity index (χ3n) is 2.44. The molecule has 17 heavy (non-hydrogen) atoms. The average Bonchev–Trinajstić information content (AvgIpc) is 2.60. The van der Waals surface area contributed by atoms with E-state index < -0.39 is 11.9 Å². The van der Waals surface area contributed by atoms with Crippen molar-refractivity contribution in [3.63, 3.8) is 0 Å². The molecule has 0 spiro atoms. The van der Waals surface area contributed by atoms with E-state index in [4.69, 9.17) is 9.47 Å². The van der Waals surface area contributed by atoms with Crippen LogP contribution in [0.1, 0.15) is 13.8 Å². The molecule has 1 saturated heterocycles. The number of carbonyl (C=O) groups is 3. The Bertz CT molecular complexity index is 315. The first-order chi connectivity index (χ1) is 8.08.